The Morgan fingerprint density at radius 2 is 1.83 bits per heavy atom. The summed E-state index contributed by atoms with van der Waals surface area (Å²) in [7, 11) is 0. The van der Waals surface area contributed by atoms with Crippen LogP contribution in [0.2, 0.25) is 0 Å². The second-order valence-corrected chi connectivity index (χ2v) is 3.49. The molecule has 2 heterocycles. The third-order valence-electron chi connectivity index (χ3n) is 2.57. The minimum Gasteiger partial charge on any atom is -0.325 e. The van der Waals surface area contributed by atoms with Crippen LogP contribution in [0.5, 0.6) is 0 Å². The summed E-state index contributed by atoms with van der Waals surface area (Å²) >= 11 is 0. The summed E-state index contributed by atoms with van der Waals surface area (Å²) in [6.45, 7) is 4.88. The van der Waals surface area contributed by atoms with E-state index in [-0.39, 0.29) is 6.03 Å². The average molecular weight is 167 g/mol. The lowest BCUT2D eigenvalue weighted by atomic mass is 10.4. The quantitative estimate of drug-likeness (QED) is 0.535. The molecule has 0 aromatic rings. The van der Waals surface area contributed by atoms with Crippen LogP contribution in [0.15, 0.2) is 0 Å². The van der Waals surface area contributed by atoms with E-state index < -0.39 is 0 Å². The van der Waals surface area contributed by atoms with Crippen molar-refractivity contribution in [1.82, 2.24) is 9.80 Å². The fraction of sp³-hybridized carbons (Fsp3) is 0.778. The lowest BCUT2D eigenvalue weighted by Gasteiger charge is -2.22. The predicted octanol–water partition coefficient (Wildman–Crippen LogP) is 1.46. The maximum absolute atomic E-state index is 11.7. The zero-order chi connectivity index (χ0) is 8.39. The van der Waals surface area contributed by atoms with Crippen molar-refractivity contribution in [2.24, 2.45) is 0 Å². The van der Waals surface area contributed by atoms with Gasteiger partial charge in [0, 0.05) is 19.6 Å². The number of hydrogen-bond donors (Lipinski definition) is 0. The Hall–Kier alpha value is -0.730. The fourth-order valence-electron chi connectivity index (χ4n) is 1.86. The van der Waals surface area contributed by atoms with Gasteiger partial charge in [-0.05, 0) is 25.7 Å². The van der Waals surface area contributed by atoms with Gasteiger partial charge in [-0.15, -0.1) is 0 Å². The molecule has 0 spiro atoms. The van der Waals surface area contributed by atoms with Crippen molar-refractivity contribution in [3.05, 3.63) is 6.54 Å². The highest BCUT2D eigenvalue weighted by atomic mass is 16.2. The summed E-state index contributed by atoms with van der Waals surface area (Å²) in [5.41, 5.74) is 0. The van der Waals surface area contributed by atoms with Crippen molar-refractivity contribution in [1.29, 1.82) is 0 Å². The van der Waals surface area contributed by atoms with Crippen molar-refractivity contribution in [2.45, 2.75) is 25.7 Å². The summed E-state index contributed by atoms with van der Waals surface area (Å²) in [4.78, 5) is 15.5. The van der Waals surface area contributed by atoms with E-state index in [9.17, 15) is 4.79 Å². The summed E-state index contributed by atoms with van der Waals surface area (Å²) in [6, 6.07) is 0.227. The Labute approximate surface area is 73.3 Å². The van der Waals surface area contributed by atoms with Crippen molar-refractivity contribution in [2.75, 3.05) is 19.6 Å². The first-order valence-corrected chi connectivity index (χ1v) is 4.77. The molecule has 2 rings (SSSR count). The van der Waals surface area contributed by atoms with E-state index in [2.05, 4.69) is 0 Å². The molecule has 2 saturated heterocycles. The zero-order valence-electron chi connectivity index (χ0n) is 7.33. The molecule has 0 aromatic heterocycles. The van der Waals surface area contributed by atoms with Gasteiger partial charge in [-0.1, -0.05) is 0 Å². The Balaban J connectivity index is 1.89. The largest absolute Gasteiger partial charge is 0.325 e. The van der Waals surface area contributed by atoms with Gasteiger partial charge in [0.05, 0.1) is 6.54 Å². The Morgan fingerprint density at radius 1 is 1.08 bits per heavy atom. The number of urea groups is 1. The van der Waals surface area contributed by atoms with Crippen molar-refractivity contribution in [3.8, 4) is 0 Å². The van der Waals surface area contributed by atoms with Crippen molar-refractivity contribution >= 4 is 6.03 Å². The second kappa shape index (κ2) is 3.33. The molecule has 1 radical (unpaired) electrons. The highest BCUT2D eigenvalue weighted by molar-refractivity contribution is 5.75. The van der Waals surface area contributed by atoms with Crippen LogP contribution in [-0.2, 0) is 0 Å². The van der Waals surface area contributed by atoms with E-state index in [0.717, 1.165) is 32.5 Å². The maximum atomic E-state index is 11.7. The SMILES string of the molecule is O=C(N1[CH]CCC1)N1CCCC1. The topological polar surface area (TPSA) is 23.6 Å². The Morgan fingerprint density at radius 3 is 2.42 bits per heavy atom. The first kappa shape index (κ1) is 7.90. The molecular formula is C9H15N2O. The summed E-state index contributed by atoms with van der Waals surface area (Å²) in [6.07, 6.45) is 4.57. The molecule has 0 aromatic carbocycles. The van der Waals surface area contributed by atoms with Gasteiger partial charge in [0.15, 0.2) is 0 Å². The molecule has 0 N–H and O–H groups in total. The number of likely N-dealkylation sites (tertiary alicyclic amines) is 2. The fourth-order valence-corrected chi connectivity index (χ4v) is 1.86. The molecule has 3 heteroatoms. The molecule has 2 amide bonds. The monoisotopic (exact) mass is 167 g/mol. The minimum absolute atomic E-state index is 0.227. The molecule has 0 bridgehead atoms. The van der Waals surface area contributed by atoms with E-state index in [1.807, 2.05) is 16.3 Å². The van der Waals surface area contributed by atoms with Crippen LogP contribution in [-0.4, -0.2) is 35.5 Å². The highest BCUT2D eigenvalue weighted by Gasteiger charge is 2.25. The van der Waals surface area contributed by atoms with Gasteiger partial charge in [0.2, 0.25) is 0 Å². The predicted molar refractivity (Wildman–Crippen MR) is 46.4 cm³/mol. The normalized spacial score (nSPS) is 23.7. The number of nitrogens with zero attached hydrogens (tertiary/aromatic N) is 2. The Kier molecular flexibility index (Phi) is 2.19. The van der Waals surface area contributed by atoms with Gasteiger partial charge in [-0.2, -0.15) is 0 Å². The van der Waals surface area contributed by atoms with Crippen LogP contribution in [0.25, 0.3) is 0 Å². The average Bonchev–Trinajstić information content (AvgIpc) is 2.77. The first-order chi connectivity index (χ1) is 5.88. The smallest absolute Gasteiger partial charge is 0.320 e. The maximum Gasteiger partial charge on any atom is 0.320 e. The lowest BCUT2D eigenvalue weighted by molar-refractivity contribution is 0.180. The van der Waals surface area contributed by atoms with E-state index in [0.29, 0.717) is 0 Å². The number of carbonyl (C=O) groups is 1. The van der Waals surface area contributed by atoms with E-state index >= 15 is 0 Å². The van der Waals surface area contributed by atoms with E-state index in [4.69, 9.17) is 0 Å². The molecule has 0 aliphatic carbocycles. The van der Waals surface area contributed by atoms with Gasteiger partial charge in [-0.3, -0.25) is 0 Å². The van der Waals surface area contributed by atoms with Gasteiger partial charge >= 0.3 is 6.03 Å². The van der Waals surface area contributed by atoms with Crippen LogP contribution in [0.4, 0.5) is 4.79 Å². The van der Waals surface area contributed by atoms with Crippen molar-refractivity contribution in [3.63, 3.8) is 0 Å². The van der Waals surface area contributed by atoms with Gasteiger partial charge < -0.3 is 9.80 Å². The van der Waals surface area contributed by atoms with E-state index in [1.54, 1.807) is 0 Å². The van der Waals surface area contributed by atoms with Crippen LogP contribution in [0.3, 0.4) is 0 Å². The molecule has 12 heavy (non-hydrogen) atoms. The molecule has 2 fully saturated rings. The van der Waals surface area contributed by atoms with Gasteiger partial charge in [-0.25, -0.2) is 4.79 Å². The molecule has 3 nitrogen and oxygen atoms in total. The minimum atomic E-state index is 0.227. The number of rotatable bonds is 0. The molecular weight excluding hydrogens is 152 g/mol. The number of hydrogen-bond acceptors (Lipinski definition) is 1. The van der Waals surface area contributed by atoms with Crippen LogP contribution in [0, 0.1) is 6.54 Å². The third kappa shape index (κ3) is 1.40. The van der Waals surface area contributed by atoms with Crippen LogP contribution >= 0.6 is 0 Å². The molecule has 0 saturated carbocycles. The third-order valence-corrected chi connectivity index (χ3v) is 2.57. The summed E-state index contributed by atoms with van der Waals surface area (Å²) < 4.78 is 0. The van der Waals surface area contributed by atoms with Gasteiger partial charge in [0.25, 0.3) is 0 Å². The second-order valence-electron chi connectivity index (χ2n) is 3.49. The van der Waals surface area contributed by atoms with Crippen molar-refractivity contribution < 1.29 is 4.79 Å². The first-order valence-electron chi connectivity index (χ1n) is 4.77. The standard InChI is InChI=1S/C9H15N2O/c12-9(10-5-1-2-6-10)11-7-3-4-8-11/h5H,1-4,6-8H2. The lowest BCUT2D eigenvalue weighted by Crippen LogP contribution is -2.38. The zero-order valence-corrected chi connectivity index (χ0v) is 7.33. The number of carbonyl (C=O) groups excluding carboxylic acids is 1. The molecule has 67 valence electrons. The number of amides is 2. The Bertz CT molecular complexity index is 151. The summed E-state index contributed by atoms with van der Waals surface area (Å²) in [5, 5.41) is 0. The molecule has 2 aliphatic rings. The molecule has 2 aliphatic heterocycles. The summed E-state index contributed by atoms with van der Waals surface area (Å²) in [5.74, 6) is 0. The van der Waals surface area contributed by atoms with Crippen LogP contribution in [0.1, 0.15) is 25.7 Å². The van der Waals surface area contributed by atoms with Crippen LogP contribution < -0.4 is 0 Å². The van der Waals surface area contributed by atoms with Gasteiger partial charge in [0.1, 0.15) is 0 Å². The molecule has 0 unspecified atom stereocenters. The van der Waals surface area contributed by atoms with E-state index in [1.165, 1.54) is 12.8 Å². The molecule has 0 atom stereocenters. The highest BCUT2D eigenvalue weighted by Crippen LogP contribution is 2.17.